The van der Waals surface area contributed by atoms with Gasteiger partial charge in [-0.3, -0.25) is 9.69 Å². The molecule has 1 unspecified atom stereocenters. The summed E-state index contributed by atoms with van der Waals surface area (Å²) in [5.74, 6) is 0.151. The first-order valence-electron chi connectivity index (χ1n) is 7.62. The number of carbonyl (C=O) groups excluding carboxylic acids is 1. The van der Waals surface area contributed by atoms with Gasteiger partial charge in [0.2, 0.25) is 5.91 Å². The topological polar surface area (TPSA) is 32.3 Å². The summed E-state index contributed by atoms with van der Waals surface area (Å²) in [5, 5.41) is 3.20. The van der Waals surface area contributed by atoms with E-state index in [1.165, 1.54) is 5.56 Å². The molecule has 1 N–H and O–H groups in total. The van der Waals surface area contributed by atoms with Crippen LogP contribution in [0.1, 0.15) is 39.2 Å². The first-order chi connectivity index (χ1) is 9.84. The van der Waals surface area contributed by atoms with Crippen LogP contribution in [-0.4, -0.2) is 29.9 Å². The molecule has 1 fully saturated rings. The molecule has 1 heterocycles. The summed E-state index contributed by atoms with van der Waals surface area (Å²) in [4.78, 5) is 14.5. The molecule has 0 aromatic heterocycles. The molecule has 0 radical (unpaired) electrons. The van der Waals surface area contributed by atoms with Crippen LogP contribution in [0, 0.1) is 5.41 Å². The fourth-order valence-corrected chi connectivity index (χ4v) is 2.83. The van der Waals surface area contributed by atoms with E-state index in [0.717, 1.165) is 36.9 Å². The normalized spacial score (nSPS) is 20.3. The van der Waals surface area contributed by atoms with Crippen molar-refractivity contribution in [3.63, 3.8) is 0 Å². The number of amides is 1. The van der Waals surface area contributed by atoms with Crippen molar-refractivity contribution in [2.75, 3.05) is 13.1 Å². The lowest BCUT2D eigenvalue weighted by Gasteiger charge is -2.34. The lowest BCUT2D eigenvalue weighted by Crippen LogP contribution is -2.50. The highest BCUT2D eigenvalue weighted by atomic mass is 79.9. The van der Waals surface area contributed by atoms with Gasteiger partial charge in [-0.1, -0.05) is 48.8 Å². The number of piperidine rings is 1. The number of halogens is 1. The largest absolute Gasteiger partial charge is 0.352 e. The van der Waals surface area contributed by atoms with Crippen molar-refractivity contribution >= 4 is 21.8 Å². The Morgan fingerprint density at radius 2 is 2.00 bits per heavy atom. The zero-order valence-corrected chi connectivity index (χ0v) is 14.7. The van der Waals surface area contributed by atoms with E-state index in [1.54, 1.807) is 0 Å². The number of hydrogen-bond acceptors (Lipinski definition) is 2. The molecule has 1 aromatic carbocycles. The van der Waals surface area contributed by atoms with Crippen molar-refractivity contribution in [3.8, 4) is 0 Å². The Bertz CT molecular complexity index is 479. The molecule has 1 aromatic rings. The highest BCUT2D eigenvalue weighted by Gasteiger charge is 2.26. The quantitative estimate of drug-likeness (QED) is 0.901. The second-order valence-electron chi connectivity index (χ2n) is 6.92. The predicted octanol–water partition coefficient (Wildman–Crippen LogP) is 3.58. The van der Waals surface area contributed by atoms with Crippen molar-refractivity contribution in [2.45, 2.75) is 46.2 Å². The Labute approximate surface area is 136 Å². The SMILES string of the molecule is CC(C)(C)C(=O)NC1CCCN(Cc2ccc(Br)cc2)C1. The first-order valence-corrected chi connectivity index (χ1v) is 8.41. The van der Waals surface area contributed by atoms with Crippen LogP contribution in [0.4, 0.5) is 0 Å². The highest BCUT2D eigenvalue weighted by molar-refractivity contribution is 9.10. The molecule has 116 valence electrons. The molecule has 1 amide bonds. The Morgan fingerprint density at radius 1 is 1.33 bits per heavy atom. The molecule has 0 aliphatic carbocycles. The number of nitrogens with zero attached hydrogens (tertiary/aromatic N) is 1. The van der Waals surface area contributed by atoms with Crippen LogP contribution in [0.2, 0.25) is 0 Å². The Hall–Kier alpha value is -0.870. The molecule has 1 aliphatic rings. The van der Waals surface area contributed by atoms with Gasteiger partial charge in [-0.05, 0) is 37.1 Å². The third-order valence-electron chi connectivity index (χ3n) is 3.84. The second-order valence-corrected chi connectivity index (χ2v) is 7.84. The average Bonchev–Trinajstić information content (AvgIpc) is 2.41. The van der Waals surface area contributed by atoms with Gasteiger partial charge >= 0.3 is 0 Å². The Kier molecular flexibility index (Phi) is 5.44. The van der Waals surface area contributed by atoms with Gasteiger partial charge in [-0.25, -0.2) is 0 Å². The van der Waals surface area contributed by atoms with E-state index in [1.807, 2.05) is 20.8 Å². The second kappa shape index (κ2) is 6.93. The maximum Gasteiger partial charge on any atom is 0.225 e. The third kappa shape index (κ3) is 5.11. The number of rotatable bonds is 3. The summed E-state index contributed by atoms with van der Waals surface area (Å²) in [6.45, 7) is 8.89. The third-order valence-corrected chi connectivity index (χ3v) is 4.37. The zero-order chi connectivity index (χ0) is 15.5. The minimum absolute atomic E-state index is 0.151. The summed E-state index contributed by atoms with van der Waals surface area (Å²) in [6, 6.07) is 8.75. The van der Waals surface area contributed by atoms with Crippen molar-refractivity contribution in [2.24, 2.45) is 5.41 Å². The summed E-state index contributed by atoms with van der Waals surface area (Å²) >= 11 is 3.46. The maximum absolute atomic E-state index is 12.1. The van der Waals surface area contributed by atoms with E-state index < -0.39 is 0 Å². The van der Waals surface area contributed by atoms with Gasteiger partial charge in [0.05, 0.1) is 0 Å². The van der Waals surface area contributed by atoms with Crippen LogP contribution < -0.4 is 5.32 Å². The summed E-state index contributed by atoms with van der Waals surface area (Å²) in [7, 11) is 0. The van der Waals surface area contributed by atoms with E-state index in [0.29, 0.717) is 0 Å². The van der Waals surface area contributed by atoms with Crippen LogP contribution in [0.5, 0.6) is 0 Å². The average molecular weight is 353 g/mol. The molecule has 4 heteroatoms. The minimum Gasteiger partial charge on any atom is -0.352 e. The van der Waals surface area contributed by atoms with E-state index in [4.69, 9.17) is 0 Å². The smallest absolute Gasteiger partial charge is 0.225 e. The highest BCUT2D eigenvalue weighted by Crippen LogP contribution is 2.18. The standard InChI is InChI=1S/C17H25BrN2O/c1-17(2,3)16(21)19-15-5-4-10-20(12-15)11-13-6-8-14(18)9-7-13/h6-9,15H,4-5,10-12H2,1-3H3,(H,19,21). The molecule has 1 saturated heterocycles. The number of nitrogens with one attached hydrogen (secondary N) is 1. The lowest BCUT2D eigenvalue weighted by molar-refractivity contribution is -0.129. The number of carbonyl (C=O) groups is 1. The fraction of sp³-hybridized carbons (Fsp3) is 0.588. The van der Waals surface area contributed by atoms with Crippen LogP contribution in [0.25, 0.3) is 0 Å². The Balaban J connectivity index is 1.89. The van der Waals surface area contributed by atoms with E-state index >= 15 is 0 Å². The molecule has 3 nitrogen and oxygen atoms in total. The molecular formula is C17H25BrN2O. The van der Waals surface area contributed by atoms with Crippen molar-refractivity contribution in [3.05, 3.63) is 34.3 Å². The number of hydrogen-bond donors (Lipinski definition) is 1. The molecule has 0 spiro atoms. The maximum atomic E-state index is 12.1. The minimum atomic E-state index is -0.312. The van der Waals surface area contributed by atoms with Gasteiger partial charge in [0.15, 0.2) is 0 Å². The van der Waals surface area contributed by atoms with Gasteiger partial charge < -0.3 is 5.32 Å². The predicted molar refractivity (Wildman–Crippen MR) is 90.0 cm³/mol. The Morgan fingerprint density at radius 3 is 2.62 bits per heavy atom. The molecule has 21 heavy (non-hydrogen) atoms. The molecule has 0 bridgehead atoms. The van der Waals surface area contributed by atoms with Gasteiger partial charge in [-0.15, -0.1) is 0 Å². The van der Waals surface area contributed by atoms with Gasteiger partial charge in [-0.2, -0.15) is 0 Å². The molecule has 1 aliphatic heterocycles. The number of benzene rings is 1. The zero-order valence-electron chi connectivity index (χ0n) is 13.2. The van der Waals surface area contributed by atoms with Gasteiger partial charge in [0.25, 0.3) is 0 Å². The summed E-state index contributed by atoms with van der Waals surface area (Å²) in [5.41, 5.74) is 1.01. The number of likely N-dealkylation sites (tertiary alicyclic amines) is 1. The molecular weight excluding hydrogens is 328 g/mol. The summed E-state index contributed by atoms with van der Waals surface area (Å²) < 4.78 is 1.11. The van der Waals surface area contributed by atoms with Crippen LogP contribution in [0.3, 0.4) is 0 Å². The van der Waals surface area contributed by atoms with Crippen molar-refractivity contribution < 1.29 is 4.79 Å². The van der Waals surface area contributed by atoms with Crippen LogP contribution in [-0.2, 0) is 11.3 Å². The van der Waals surface area contributed by atoms with Crippen molar-refractivity contribution in [1.29, 1.82) is 0 Å². The van der Waals surface area contributed by atoms with E-state index in [2.05, 4.69) is 50.4 Å². The van der Waals surface area contributed by atoms with Crippen LogP contribution >= 0.6 is 15.9 Å². The molecule has 0 saturated carbocycles. The molecule has 2 rings (SSSR count). The van der Waals surface area contributed by atoms with Crippen molar-refractivity contribution in [1.82, 2.24) is 10.2 Å². The van der Waals surface area contributed by atoms with E-state index in [-0.39, 0.29) is 17.4 Å². The first kappa shape index (κ1) is 16.5. The monoisotopic (exact) mass is 352 g/mol. The van der Waals surface area contributed by atoms with Crippen LogP contribution in [0.15, 0.2) is 28.7 Å². The lowest BCUT2D eigenvalue weighted by atomic mass is 9.94. The van der Waals surface area contributed by atoms with Gasteiger partial charge in [0.1, 0.15) is 0 Å². The molecule has 1 atom stereocenters. The van der Waals surface area contributed by atoms with E-state index in [9.17, 15) is 4.79 Å². The summed E-state index contributed by atoms with van der Waals surface area (Å²) in [6.07, 6.45) is 2.23. The van der Waals surface area contributed by atoms with Gasteiger partial charge in [0, 0.05) is 29.0 Å². The fourth-order valence-electron chi connectivity index (χ4n) is 2.57.